The number of aromatic nitrogens is 2. The molecule has 2 heterocycles. The lowest BCUT2D eigenvalue weighted by molar-refractivity contribution is -0.118. The van der Waals surface area contributed by atoms with Crippen LogP contribution in [0.5, 0.6) is 0 Å². The average molecular weight is 465 g/mol. The first-order chi connectivity index (χ1) is 15.9. The fourth-order valence-electron chi connectivity index (χ4n) is 3.17. The third-order valence-corrected chi connectivity index (χ3v) is 5.89. The second kappa shape index (κ2) is 9.83. The van der Waals surface area contributed by atoms with Crippen LogP contribution in [-0.2, 0) is 11.3 Å². The molecule has 0 unspecified atom stereocenters. The molecule has 0 bridgehead atoms. The van der Waals surface area contributed by atoms with Crippen LogP contribution < -0.4 is 10.6 Å². The van der Waals surface area contributed by atoms with Crippen LogP contribution in [0.25, 0.3) is 11.1 Å². The van der Waals surface area contributed by atoms with E-state index in [0.717, 1.165) is 17.3 Å². The molecule has 0 atom stereocenters. The Bertz CT molecular complexity index is 1320. The van der Waals surface area contributed by atoms with E-state index in [-0.39, 0.29) is 35.1 Å². The SMILES string of the molecule is Cc1oc2nc(SCC(=O)NCc3ccccc3F)nc(NC(=O)c3ccccc3)c2c1C. The third-order valence-electron chi connectivity index (χ3n) is 5.04. The Kier molecular flexibility index (Phi) is 6.69. The highest BCUT2D eigenvalue weighted by atomic mass is 32.2. The molecule has 0 aliphatic heterocycles. The summed E-state index contributed by atoms with van der Waals surface area (Å²) in [6.45, 7) is 3.76. The maximum atomic E-state index is 13.7. The van der Waals surface area contributed by atoms with Crippen molar-refractivity contribution in [3.63, 3.8) is 0 Å². The number of furan rings is 1. The van der Waals surface area contributed by atoms with Crippen molar-refractivity contribution in [2.24, 2.45) is 0 Å². The molecular formula is C24H21FN4O3S. The fraction of sp³-hybridized carbons (Fsp3) is 0.167. The lowest BCUT2D eigenvalue weighted by Crippen LogP contribution is -2.25. The maximum absolute atomic E-state index is 13.7. The fourth-order valence-corrected chi connectivity index (χ4v) is 3.84. The van der Waals surface area contributed by atoms with Crippen LogP contribution in [0.1, 0.15) is 27.2 Å². The van der Waals surface area contributed by atoms with Crippen LogP contribution in [0, 0.1) is 19.7 Å². The van der Waals surface area contributed by atoms with E-state index >= 15 is 0 Å². The molecule has 33 heavy (non-hydrogen) atoms. The van der Waals surface area contributed by atoms with Crippen molar-refractivity contribution in [1.29, 1.82) is 0 Å². The molecule has 0 saturated carbocycles. The molecule has 0 fully saturated rings. The lowest BCUT2D eigenvalue weighted by Gasteiger charge is -2.09. The summed E-state index contributed by atoms with van der Waals surface area (Å²) >= 11 is 1.10. The van der Waals surface area contributed by atoms with E-state index in [1.165, 1.54) is 6.07 Å². The highest BCUT2D eigenvalue weighted by molar-refractivity contribution is 7.99. The predicted molar refractivity (Wildman–Crippen MR) is 125 cm³/mol. The molecule has 168 valence electrons. The summed E-state index contributed by atoms with van der Waals surface area (Å²) in [5, 5.41) is 6.41. The van der Waals surface area contributed by atoms with E-state index in [4.69, 9.17) is 4.42 Å². The Morgan fingerprint density at radius 3 is 2.52 bits per heavy atom. The standard InChI is InChI=1S/C24H21FN4O3S/c1-14-15(2)32-23-20(14)21(27-22(31)16-8-4-3-5-9-16)28-24(29-23)33-13-19(30)26-12-17-10-6-7-11-18(17)25/h3-11H,12-13H2,1-2H3,(H,26,30)(H,27,28,29,31). The number of aryl methyl sites for hydroxylation is 2. The van der Waals surface area contributed by atoms with E-state index < -0.39 is 0 Å². The number of hydrogen-bond donors (Lipinski definition) is 2. The summed E-state index contributed by atoms with van der Waals surface area (Å²) in [6.07, 6.45) is 0. The molecule has 0 spiro atoms. The molecule has 4 aromatic rings. The van der Waals surface area contributed by atoms with Crippen LogP contribution in [0.4, 0.5) is 10.2 Å². The second-order valence-corrected chi connectivity index (χ2v) is 8.24. The maximum Gasteiger partial charge on any atom is 0.256 e. The number of rotatable bonds is 7. The molecule has 2 aromatic heterocycles. The predicted octanol–water partition coefficient (Wildman–Crippen LogP) is 4.64. The summed E-state index contributed by atoms with van der Waals surface area (Å²) < 4.78 is 19.5. The van der Waals surface area contributed by atoms with Gasteiger partial charge >= 0.3 is 0 Å². The van der Waals surface area contributed by atoms with Gasteiger partial charge in [0.25, 0.3) is 5.91 Å². The van der Waals surface area contributed by atoms with Gasteiger partial charge in [0.1, 0.15) is 17.4 Å². The first-order valence-electron chi connectivity index (χ1n) is 10.2. The number of carbonyl (C=O) groups excluding carboxylic acids is 2. The molecule has 0 radical (unpaired) electrons. The Morgan fingerprint density at radius 1 is 1.03 bits per heavy atom. The van der Waals surface area contributed by atoms with Gasteiger partial charge in [-0.15, -0.1) is 0 Å². The highest BCUT2D eigenvalue weighted by Gasteiger charge is 2.19. The number of carbonyl (C=O) groups is 2. The molecule has 4 rings (SSSR count). The van der Waals surface area contributed by atoms with Gasteiger partial charge in [0.15, 0.2) is 5.16 Å². The van der Waals surface area contributed by atoms with Crippen LogP contribution in [-0.4, -0.2) is 27.5 Å². The lowest BCUT2D eigenvalue weighted by atomic mass is 10.2. The minimum atomic E-state index is -0.374. The van der Waals surface area contributed by atoms with Crippen LogP contribution in [0.15, 0.2) is 64.2 Å². The number of amides is 2. The molecule has 2 amide bonds. The number of hydrogen-bond acceptors (Lipinski definition) is 6. The summed E-state index contributed by atoms with van der Waals surface area (Å²) in [5.74, 6) is 0.0180. The molecule has 2 N–H and O–H groups in total. The average Bonchev–Trinajstić information content (AvgIpc) is 3.11. The largest absolute Gasteiger partial charge is 0.443 e. The van der Waals surface area contributed by atoms with Gasteiger partial charge in [-0.05, 0) is 32.0 Å². The number of fused-ring (bicyclic) bond motifs is 1. The number of halogens is 1. The van der Waals surface area contributed by atoms with Crippen molar-refractivity contribution in [2.75, 3.05) is 11.1 Å². The zero-order chi connectivity index (χ0) is 23.4. The number of nitrogens with one attached hydrogen (secondary N) is 2. The zero-order valence-electron chi connectivity index (χ0n) is 18.0. The Morgan fingerprint density at radius 2 is 1.76 bits per heavy atom. The Hall–Kier alpha value is -3.72. The van der Waals surface area contributed by atoms with Crippen LogP contribution in [0.2, 0.25) is 0 Å². The van der Waals surface area contributed by atoms with Gasteiger partial charge in [0.05, 0.1) is 11.1 Å². The first kappa shape index (κ1) is 22.5. The summed E-state index contributed by atoms with van der Waals surface area (Å²) in [5.41, 5.74) is 2.05. The van der Waals surface area contributed by atoms with Crippen LogP contribution >= 0.6 is 11.8 Å². The normalized spacial score (nSPS) is 10.9. The number of benzene rings is 2. The molecule has 9 heteroatoms. The van der Waals surface area contributed by atoms with Crippen molar-refractivity contribution in [3.8, 4) is 0 Å². The third kappa shape index (κ3) is 5.20. The van der Waals surface area contributed by atoms with E-state index in [1.807, 2.05) is 19.9 Å². The topological polar surface area (TPSA) is 97.1 Å². The highest BCUT2D eigenvalue weighted by Crippen LogP contribution is 2.31. The van der Waals surface area contributed by atoms with Gasteiger partial charge in [-0.25, -0.2) is 9.37 Å². The second-order valence-electron chi connectivity index (χ2n) is 7.30. The van der Waals surface area contributed by atoms with Gasteiger partial charge in [0, 0.05) is 23.2 Å². The molecule has 2 aromatic carbocycles. The monoisotopic (exact) mass is 464 g/mol. The summed E-state index contributed by atoms with van der Waals surface area (Å²) in [6, 6.07) is 15.1. The molecular weight excluding hydrogens is 443 g/mol. The minimum absolute atomic E-state index is 0.0186. The van der Waals surface area contributed by atoms with E-state index in [2.05, 4.69) is 20.6 Å². The van der Waals surface area contributed by atoms with E-state index in [1.54, 1.807) is 42.5 Å². The van der Waals surface area contributed by atoms with Crippen molar-refractivity contribution in [3.05, 3.63) is 82.9 Å². The summed E-state index contributed by atoms with van der Waals surface area (Å²) in [7, 11) is 0. The quantitative estimate of drug-likeness (QED) is 0.306. The van der Waals surface area contributed by atoms with Crippen molar-refractivity contribution in [1.82, 2.24) is 15.3 Å². The Balaban J connectivity index is 1.50. The van der Waals surface area contributed by atoms with Gasteiger partial charge in [-0.2, -0.15) is 4.98 Å². The van der Waals surface area contributed by atoms with Gasteiger partial charge in [0.2, 0.25) is 11.6 Å². The molecule has 0 saturated heterocycles. The zero-order valence-corrected chi connectivity index (χ0v) is 18.8. The van der Waals surface area contributed by atoms with Crippen LogP contribution in [0.3, 0.4) is 0 Å². The summed E-state index contributed by atoms with van der Waals surface area (Å²) in [4.78, 5) is 33.8. The number of anilines is 1. The van der Waals surface area contributed by atoms with Gasteiger partial charge < -0.3 is 15.1 Å². The molecule has 0 aliphatic carbocycles. The molecule has 7 nitrogen and oxygen atoms in total. The minimum Gasteiger partial charge on any atom is -0.443 e. The first-order valence-corrected chi connectivity index (χ1v) is 11.2. The smallest absolute Gasteiger partial charge is 0.256 e. The van der Waals surface area contributed by atoms with Crippen molar-refractivity contribution >= 4 is 40.5 Å². The number of thioether (sulfide) groups is 1. The number of nitrogens with zero attached hydrogens (tertiary/aromatic N) is 2. The van der Waals surface area contributed by atoms with E-state index in [9.17, 15) is 14.0 Å². The van der Waals surface area contributed by atoms with Crippen molar-refractivity contribution < 1.29 is 18.4 Å². The molecule has 0 aliphatic rings. The van der Waals surface area contributed by atoms with Crippen molar-refractivity contribution in [2.45, 2.75) is 25.5 Å². The van der Waals surface area contributed by atoms with Gasteiger partial charge in [-0.3, -0.25) is 9.59 Å². The van der Waals surface area contributed by atoms with Gasteiger partial charge in [-0.1, -0.05) is 48.2 Å². The van der Waals surface area contributed by atoms with E-state index in [0.29, 0.717) is 33.8 Å². The Labute approximate surface area is 193 Å².